The summed E-state index contributed by atoms with van der Waals surface area (Å²) in [6, 6.07) is 11.5. The van der Waals surface area contributed by atoms with Crippen LogP contribution >= 0.6 is 0 Å². The molecule has 2 amide bonds. The summed E-state index contributed by atoms with van der Waals surface area (Å²) >= 11 is 0. The second-order valence-corrected chi connectivity index (χ2v) is 9.50. The number of fused-ring (bicyclic) bond motifs is 4. The molecule has 7 nitrogen and oxygen atoms in total. The van der Waals surface area contributed by atoms with Gasteiger partial charge in [0.05, 0.1) is 37.8 Å². The van der Waals surface area contributed by atoms with E-state index in [4.69, 9.17) is 9.47 Å². The van der Waals surface area contributed by atoms with Crippen LogP contribution in [0, 0.1) is 5.92 Å². The predicted molar refractivity (Wildman–Crippen MR) is 129 cm³/mol. The van der Waals surface area contributed by atoms with Gasteiger partial charge in [-0.2, -0.15) is 0 Å². The van der Waals surface area contributed by atoms with E-state index in [9.17, 15) is 9.59 Å². The fourth-order valence-corrected chi connectivity index (χ4v) is 5.98. The minimum absolute atomic E-state index is 0.0395. The molecule has 3 aliphatic rings. The van der Waals surface area contributed by atoms with Crippen molar-refractivity contribution in [3.63, 3.8) is 0 Å². The Balaban J connectivity index is 1.54. The quantitative estimate of drug-likeness (QED) is 0.711. The summed E-state index contributed by atoms with van der Waals surface area (Å²) in [5.41, 5.74) is 3.42. The topological polar surface area (TPSA) is 79.9 Å². The van der Waals surface area contributed by atoms with Crippen LogP contribution in [0.1, 0.15) is 65.3 Å². The lowest BCUT2D eigenvalue weighted by molar-refractivity contribution is -0.145. The van der Waals surface area contributed by atoms with Gasteiger partial charge in [0.2, 0.25) is 5.91 Å². The number of nitrogens with zero attached hydrogens (tertiary/aromatic N) is 1. The minimum atomic E-state index is -0.220. The van der Waals surface area contributed by atoms with Gasteiger partial charge in [-0.15, -0.1) is 0 Å². The third-order valence-corrected chi connectivity index (χ3v) is 7.68. The van der Waals surface area contributed by atoms with Crippen molar-refractivity contribution in [3.8, 4) is 11.5 Å². The number of methoxy groups -OCH3 is 2. The van der Waals surface area contributed by atoms with Crippen LogP contribution in [-0.2, 0) is 11.2 Å². The average Bonchev–Trinajstić information content (AvgIpc) is 2.88. The number of nitrogens with one attached hydrogen (secondary N) is 2. The first-order valence-electron chi connectivity index (χ1n) is 12.2. The number of hydrogen-bond acceptors (Lipinski definition) is 5. The second-order valence-electron chi connectivity index (χ2n) is 9.50. The van der Waals surface area contributed by atoms with Crippen molar-refractivity contribution in [1.29, 1.82) is 0 Å². The van der Waals surface area contributed by atoms with Crippen molar-refractivity contribution in [1.82, 2.24) is 15.5 Å². The summed E-state index contributed by atoms with van der Waals surface area (Å²) in [4.78, 5) is 28.9. The fraction of sp³-hybridized carbons (Fsp3) is 0.481. The molecule has 2 N–H and O–H groups in total. The van der Waals surface area contributed by atoms with Crippen molar-refractivity contribution in [2.24, 2.45) is 5.92 Å². The number of hydrogen-bond donors (Lipinski definition) is 2. The molecule has 0 saturated carbocycles. The molecule has 0 radical (unpaired) electrons. The van der Waals surface area contributed by atoms with E-state index in [1.54, 1.807) is 20.3 Å². The minimum Gasteiger partial charge on any atom is -0.496 e. The summed E-state index contributed by atoms with van der Waals surface area (Å²) in [5, 5.41) is 6.67. The van der Waals surface area contributed by atoms with Gasteiger partial charge >= 0.3 is 0 Å². The van der Waals surface area contributed by atoms with E-state index in [0.29, 0.717) is 30.0 Å². The van der Waals surface area contributed by atoms with Gasteiger partial charge in [0, 0.05) is 23.7 Å². The molecule has 0 bridgehead atoms. The molecule has 3 aliphatic heterocycles. The molecule has 0 spiro atoms. The molecule has 2 saturated heterocycles. The zero-order valence-corrected chi connectivity index (χ0v) is 20.1. The largest absolute Gasteiger partial charge is 0.496 e. The van der Waals surface area contributed by atoms with E-state index in [0.717, 1.165) is 42.5 Å². The van der Waals surface area contributed by atoms with E-state index >= 15 is 0 Å². The van der Waals surface area contributed by atoms with Crippen LogP contribution < -0.4 is 20.1 Å². The molecule has 5 rings (SSSR count). The Morgan fingerprint density at radius 3 is 2.74 bits per heavy atom. The SMILES string of the molecule is COc1cc(C(=O)N[C@H](C)c2ccccc2)c(OC)c2c1CCN1C(=O)[C@@H]3CCCN[C@@H]3C[C@H]21. The van der Waals surface area contributed by atoms with Gasteiger partial charge in [0.1, 0.15) is 11.5 Å². The van der Waals surface area contributed by atoms with Gasteiger partial charge in [0.15, 0.2) is 0 Å². The van der Waals surface area contributed by atoms with E-state index < -0.39 is 0 Å². The molecule has 2 aromatic rings. The highest BCUT2D eigenvalue weighted by Gasteiger charge is 2.47. The van der Waals surface area contributed by atoms with Gasteiger partial charge in [-0.25, -0.2) is 0 Å². The molecule has 0 unspecified atom stereocenters. The van der Waals surface area contributed by atoms with Crippen LogP contribution in [0.5, 0.6) is 11.5 Å². The molecule has 2 fully saturated rings. The summed E-state index contributed by atoms with van der Waals surface area (Å²) in [6.07, 6.45) is 3.47. The zero-order chi connectivity index (χ0) is 23.8. The Hall–Kier alpha value is -3.06. The van der Waals surface area contributed by atoms with Crippen molar-refractivity contribution in [3.05, 3.63) is 58.7 Å². The third kappa shape index (κ3) is 3.82. The molecule has 0 aliphatic carbocycles. The Morgan fingerprint density at radius 2 is 2.00 bits per heavy atom. The van der Waals surface area contributed by atoms with Gasteiger partial charge in [-0.05, 0) is 50.8 Å². The molecule has 7 heteroatoms. The normalized spacial score (nSPS) is 24.4. The highest BCUT2D eigenvalue weighted by molar-refractivity contribution is 5.98. The molecule has 34 heavy (non-hydrogen) atoms. The number of benzene rings is 2. The first kappa shape index (κ1) is 22.7. The number of ether oxygens (including phenoxy) is 2. The number of carbonyl (C=O) groups excluding carboxylic acids is 2. The summed E-state index contributed by atoms with van der Waals surface area (Å²) in [5.74, 6) is 1.26. The van der Waals surface area contributed by atoms with Crippen LogP contribution in [0.3, 0.4) is 0 Å². The van der Waals surface area contributed by atoms with Gasteiger partial charge in [-0.1, -0.05) is 30.3 Å². The molecule has 0 aromatic heterocycles. The zero-order valence-electron chi connectivity index (χ0n) is 20.1. The number of amides is 2. The Kier molecular flexibility index (Phi) is 6.21. The lowest BCUT2D eigenvalue weighted by Crippen LogP contribution is -2.57. The molecule has 2 aromatic carbocycles. The van der Waals surface area contributed by atoms with Crippen LogP contribution in [0.2, 0.25) is 0 Å². The molecular weight excluding hydrogens is 430 g/mol. The maximum atomic E-state index is 13.5. The Labute approximate surface area is 200 Å². The maximum absolute atomic E-state index is 13.5. The second kappa shape index (κ2) is 9.29. The maximum Gasteiger partial charge on any atom is 0.255 e. The molecule has 4 atom stereocenters. The Morgan fingerprint density at radius 1 is 1.21 bits per heavy atom. The van der Waals surface area contributed by atoms with Crippen LogP contribution in [0.15, 0.2) is 36.4 Å². The van der Waals surface area contributed by atoms with Crippen LogP contribution in [-0.4, -0.2) is 50.1 Å². The summed E-state index contributed by atoms with van der Waals surface area (Å²) < 4.78 is 11.6. The summed E-state index contributed by atoms with van der Waals surface area (Å²) in [7, 11) is 3.23. The van der Waals surface area contributed by atoms with Gasteiger partial charge < -0.3 is 25.0 Å². The van der Waals surface area contributed by atoms with Gasteiger partial charge in [-0.3, -0.25) is 9.59 Å². The van der Waals surface area contributed by atoms with Crippen LogP contribution in [0.25, 0.3) is 0 Å². The average molecular weight is 464 g/mol. The summed E-state index contributed by atoms with van der Waals surface area (Å²) in [6.45, 7) is 3.57. The highest BCUT2D eigenvalue weighted by Crippen LogP contribution is 2.48. The predicted octanol–water partition coefficient (Wildman–Crippen LogP) is 3.39. The number of carbonyl (C=O) groups is 2. The monoisotopic (exact) mass is 463 g/mol. The third-order valence-electron chi connectivity index (χ3n) is 7.68. The number of piperidine rings is 2. The highest BCUT2D eigenvalue weighted by atomic mass is 16.5. The van der Waals surface area contributed by atoms with Crippen molar-refractivity contribution in [2.75, 3.05) is 27.3 Å². The Bertz CT molecular complexity index is 1090. The van der Waals surface area contributed by atoms with Gasteiger partial charge in [0.25, 0.3) is 5.91 Å². The standard InChI is InChI=1S/C27H33N3O4/c1-16(17-8-5-4-6-9-17)29-26(31)20-14-23(33-2)19-11-13-30-22(24(19)25(20)34-3)15-21-18(27(30)32)10-7-12-28-21/h4-6,8-9,14,16,18,21-22,28H,7,10-13,15H2,1-3H3,(H,29,31)/t16-,18-,21-,22-/m1/s1. The first-order valence-corrected chi connectivity index (χ1v) is 12.2. The van der Waals surface area contributed by atoms with Crippen molar-refractivity contribution >= 4 is 11.8 Å². The van der Waals surface area contributed by atoms with E-state index in [1.165, 1.54) is 0 Å². The van der Waals surface area contributed by atoms with E-state index in [2.05, 4.69) is 10.6 Å². The van der Waals surface area contributed by atoms with E-state index in [1.807, 2.05) is 42.2 Å². The van der Waals surface area contributed by atoms with E-state index in [-0.39, 0.29) is 35.9 Å². The van der Waals surface area contributed by atoms with Crippen molar-refractivity contribution in [2.45, 2.75) is 50.7 Å². The van der Waals surface area contributed by atoms with Crippen LogP contribution in [0.4, 0.5) is 0 Å². The lowest BCUT2D eigenvalue weighted by atomic mass is 9.76. The smallest absolute Gasteiger partial charge is 0.255 e. The lowest BCUT2D eigenvalue weighted by Gasteiger charge is -2.48. The van der Waals surface area contributed by atoms with Crippen molar-refractivity contribution < 1.29 is 19.1 Å². The molecule has 180 valence electrons. The molecule has 3 heterocycles. The first-order chi connectivity index (χ1) is 16.5. The molecular formula is C27H33N3O4. The fourth-order valence-electron chi connectivity index (χ4n) is 5.98. The number of rotatable bonds is 5.